The molecule has 3 heterocycles. The number of carbonyl (C=O) groups excluding carboxylic acids is 2. The van der Waals surface area contributed by atoms with Crippen molar-refractivity contribution < 1.29 is 9.59 Å². The fourth-order valence-electron chi connectivity index (χ4n) is 3.82. The lowest BCUT2D eigenvalue weighted by Gasteiger charge is -2.48. The zero-order valence-electron chi connectivity index (χ0n) is 13.3. The second-order valence-electron chi connectivity index (χ2n) is 7.25. The first kappa shape index (κ1) is 14.5. The van der Waals surface area contributed by atoms with Crippen LogP contribution in [0, 0.1) is 11.3 Å². The van der Waals surface area contributed by atoms with Gasteiger partial charge < -0.3 is 14.4 Å². The minimum absolute atomic E-state index is 0.0772. The molecule has 1 aromatic heterocycles. The molecule has 3 fully saturated rings. The summed E-state index contributed by atoms with van der Waals surface area (Å²) >= 11 is 0. The first-order valence-electron chi connectivity index (χ1n) is 8.23. The molecule has 0 N–H and O–H groups in total. The summed E-state index contributed by atoms with van der Waals surface area (Å²) in [4.78, 5) is 40.2. The summed E-state index contributed by atoms with van der Waals surface area (Å²) in [6, 6.07) is 4.76. The quantitative estimate of drug-likeness (QED) is 0.797. The maximum absolute atomic E-state index is 12.6. The Balaban J connectivity index is 1.41. The molecule has 6 nitrogen and oxygen atoms in total. The summed E-state index contributed by atoms with van der Waals surface area (Å²) in [6.07, 6.45) is 3.05. The molecule has 0 radical (unpaired) electrons. The molecule has 6 heteroatoms. The van der Waals surface area contributed by atoms with Gasteiger partial charge in [-0.25, -0.2) is 0 Å². The van der Waals surface area contributed by atoms with Crippen LogP contribution in [0.2, 0.25) is 0 Å². The minimum atomic E-state index is -0.173. The third-order valence-corrected chi connectivity index (χ3v) is 5.42. The van der Waals surface area contributed by atoms with Crippen LogP contribution in [-0.2, 0) is 11.8 Å². The van der Waals surface area contributed by atoms with Crippen LogP contribution in [0.3, 0.4) is 0 Å². The van der Waals surface area contributed by atoms with Crippen molar-refractivity contribution in [3.63, 3.8) is 0 Å². The Morgan fingerprint density at radius 2 is 1.83 bits per heavy atom. The molecular formula is C17H21N3O3. The van der Waals surface area contributed by atoms with Gasteiger partial charge in [-0.2, -0.15) is 0 Å². The van der Waals surface area contributed by atoms with Crippen molar-refractivity contribution in [1.29, 1.82) is 0 Å². The van der Waals surface area contributed by atoms with Gasteiger partial charge in [0.15, 0.2) is 0 Å². The Morgan fingerprint density at radius 3 is 2.52 bits per heavy atom. The number of nitrogens with zero attached hydrogens (tertiary/aromatic N) is 3. The molecule has 2 amide bonds. The molecule has 3 aliphatic rings. The maximum atomic E-state index is 12.6. The van der Waals surface area contributed by atoms with Gasteiger partial charge in [-0.1, -0.05) is 6.07 Å². The van der Waals surface area contributed by atoms with Crippen molar-refractivity contribution in [3.05, 3.63) is 34.2 Å². The summed E-state index contributed by atoms with van der Waals surface area (Å²) in [7, 11) is 1.62. The van der Waals surface area contributed by atoms with Crippen molar-refractivity contribution in [2.45, 2.75) is 19.3 Å². The summed E-state index contributed by atoms with van der Waals surface area (Å²) in [5, 5.41) is 0. The van der Waals surface area contributed by atoms with Crippen molar-refractivity contribution in [2.24, 2.45) is 18.4 Å². The van der Waals surface area contributed by atoms with Crippen molar-refractivity contribution in [1.82, 2.24) is 14.4 Å². The van der Waals surface area contributed by atoms with Gasteiger partial charge in [0.2, 0.25) is 5.91 Å². The number of likely N-dealkylation sites (tertiary alicyclic amines) is 2. The van der Waals surface area contributed by atoms with Crippen LogP contribution in [0.25, 0.3) is 0 Å². The van der Waals surface area contributed by atoms with Crippen molar-refractivity contribution >= 4 is 11.8 Å². The number of aromatic nitrogens is 1. The first-order chi connectivity index (χ1) is 11.0. The smallest absolute Gasteiger partial charge is 0.270 e. The summed E-state index contributed by atoms with van der Waals surface area (Å²) in [5.41, 5.74) is 0.331. The zero-order chi connectivity index (χ0) is 16.2. The molecule has 4 rings (SSSR count). The average molecular weight is 315 g/mol. The van der Waals surface area contributed by atoms with Crippen molar-refractivity contribution in [3.8, 4) is 0 Å². The fraction of sp³-hybridized carbons (Fsp3) is 0.588. The summed E-state index contributed by atoms with van der Waals surface area (Å²) in [5.74, 6) is 0.474. The van der Waals surface area contributed by atoms with Gasteiger partial charge in [-0.05, 0) is 25.3 Å². The fourth-order valence-corrected chi connectivity index (χ4v) is 3.82. The Hall–Kier alpha value is -2.11. The maximum Gasteiger partial charge on any atom is 0.270 e. The second kappa shape index (κ2) is 4.94. The SMILES string of the molecule is Cn1c(C(=O)N2CC3(CCN(C(=O)C4CC4)C3)C2)cccc1=O. The van der Waals surface area contributed by atoms with E-state index in [-0.39, 0.29) is 22.8 Å². The monoisotopic (exact) mass is 315 g/mol. The van der Waals surface area contributed by atoms with Gasteiger partial charge in [-0.3, -0.25) is 14.4 Å². The molecule has 0 unspecified atom stereocenters. The van der Waals surface area contributed by atoms with E-state index in [4.69, 9.17) is 0 Å². The minimum Gasteiger partial charge on any atom is -0.342 e. The van der Waals surface area contributed by atoms with Gasteiger partial charge in [0.05, 0.1) is 0 Å². The van der Waals surface area contributed by atoms with E-state index in [0.717, 1.165) is 32.4 Å². The Labute approximate surface area is 134 Å². The predicted molar refractivity (Wildman–Crippen MR) is 83.9 cm³/mol. The number of amides is 2. The average Bonchev–Trinajstić information content (AvgIpc) is 3.25. The first-order valence-corrected chi connectivity index (χ1v) is 8.23. The van der Waals surface area contributed by atoms with E-state index < -0.39 is 0 Å². The van der Waals surface area contributed by atoms with Gasteiger partial charge in [0, 0.05) is 50.6 Å². The van der Waals surface area contributed by atoms with Gasteiger partial charge in [0.1, 0.15) is 5.69 Å². The van der Waals surface area contributed by atoms with Crippen LogP contribution in [0.1, 0.15) is 29.8 Å². The van der Waals surface area contributed by atoms with E-state index in [0.29, 0.717) is 24.7 Å². The van der Waals surface area contributed by atoms with Gasteiger partial charge in [-0.15, -0.1) is 0 Å². The Morgan fingerprint density at radius 1 is 1.13 bits per heavy atom. The molecule has 0 aromatic carbocycles. The lowest BCUT2D eigenvalue weighted by molar-refractivity contribution is -0.132. The standard InChI is InChI=1S/C17H21N3O3/c1-18-13(3-2-4-14(18)21)16(23)20-10-17(11-20)7-8-19(9-17)15(22)12-5-6-12/h2-4,12H,5-11H2,1H3. The lowest BCUT2D eigenvalue weighted by Crippen LogP contribution is -2.60. The highest BCUT2D eigenvalue weighted by molar-refractivity contribution is 5.93. The highest BCUT2D eigenvalue weighted by Gasteiger charge is 2.51. The summed E-state index contributed by atoms with van der Waals surface area (Å²) in [6.45, 7) is 2.97. The van der Waals surface area contributed by atoms with Crippen LogP contribution in [-0.4, -0.2) is 52.4 Å². The molecule has 1 spiro atoms. The third kappa shape index (κ3) is 2.36. The lowest BCUT2D eigenvalue weighted by atomic mass is 9.79. The van der Waals surface area contributed by atoms with Crippen LogP contribution >= 0.6 is 0 Å². The third-order valence-electron chi connectivity index (χ3n) is 5.42. The molecule has 23 heavy (non-hydrogen) atoms. The highest BCUT2D eigenvalue weighted by Crippen LogP contribution is 2.42. The molecule has 1 aromatic rings. The molecule has 1 saturated carbocycles. The largest absolute Gasteiger partial charge is 0.342 e. The van der Waals surface area contributed by atoms with Gasteiger partial charge in [0.25, 0.3) is 11.5 Å². The number of carbonyl (C=O) groups is 2. The van der Waals surface area contributed by atoms with Gasteiger partial charge >= 0.3 is 0 Å². The van der Waals surface area contributed by atoms with E-state index in [1.807, 2.05) is 4.90 Å². The molecule has 2 aliphatic heterocycles. The van der Waals surface area contributed by atoms with E-state index in [2.05, 4.69) is 0 Å². The molecule has 122 valence electrons. The Kier molecular flexibility index (Phi) is 3.11. The topological polar surface area (TPSA) is 62.6 Å². The van der Waals surface area contributed by atoms with E-state index in [9.17, 15) is 14.4 Å². The molecule has 2 saturated heterocycles. The highest BCUT2D eigenvalue weighted by atomic mass is 16.2. The van der Waals surface area contributed by atoms with E-state index in [1.165, 1.54) is 10.6 Å². The number of rotatable bonds is 2. The summed E-state index contributed by atoms with van der Waals surface area (Å²) < 4.78 is 1.39. The normalized spacial score (nSPS) is 22.3. The predicted octanol–water partition coefficient (Wildman–Crippen LogP) is 0.470. The Bertz CT molecular complexity index is 729. The van der Waals surface area contributed by atoms with E-state index in [1.54, 1.807) is 24.1 Å². The number of hydrogen-bond donors (Lipinski definition) is 0. The molecule has 0 atom stereocenters. The second-order valence-corrected chi connectivity index (χ2v) is 7.25. The molecule has 0 bridgehead atoms. The molecule has 1 aliphatic carbocycles. The van der Waals surface area contributed by atoms with Crippen LogP contribution < -0.4 is 5.56 Å². The number of hydrogen-bond acceptors (Lipinski definition) is 3. The van der Waals surface area contributed by atoms with Crippen molar-refractivity contribution in [2.75, 3.05) is 26.2 Å². The van der Waals surface area contributed by atoms with Crippen LogP contribution in [0.15, 0.2) is 23.0 Å². The number of pyridine rings is 1. The molecular weight excluding hydrogens is 294 g/mol. The van der Waals surface area contributed by atoms with Crippen LogP contribution in [0.5, 0.6) is 0 Å². The van der Waals surface area contributed by atoms with Crippen LogP contribution in [0.4, 0.5) is 0 Å². The zero-order valence-corrected chi connectivity index (χ0v) is 13.3. The van der Waals surface area contributed by atoms with E-state index >= 15 is 0 Å².